The van der Waals surface area contributed by atoms with E-state index in [-0.39, 0.29) is 10.7 Å². The van der Waals surface area contributed by atoms with Crippen molar-refractivity contribution in [3.63, 3.8) is 0 Å². The number of rotatable bonds is 3. The van der Waals surface area contributed by atoms with Crippen LogP contribution >= 0.6 is 11.6 Å². The third kappa shape index (κ3) is 2.31. The minimum atomic E-state index is 0.135. The van der Waals surface area contributed by atoms with Crippen LogP contribution < -0.4 is 4.74 Å². The van der Waals surface area contributed by atoms with Crippen molar-refractivity contribution in [1.82, 2.24) is 15.0 Å². The van der Waals surface area contributed by atoms with Crippen LogP contribution in [-0.4, -0.2) is 28.3 Å². The highest BCUT2D eigenvalue weighted by atomic mass is 35.5. The summed E-state index contributed by atoms with van der Waals surface area (Å²) < 4.78 is 5.08. The first kappa shape index (κ1) is 12.4. The molecule has 18 heavy (non-hydrogen) atoms. The highest BCUT2D eigenvalue weighted by Gasteiger charge is 2.13. The van der Waals surface area contributed by atoms with Gasteiger partial charge in [0, 0.05) is 11.8 Å². The Morgan fingerprint density at radius 2 is 2.11 bits per heavy atom. The SMILES string of the molecule is COc1cncc(-c2nc(C)nc(Cl)c2C=O)c1. The third-order valence-electron chi connectivity index (χ3n) is 2.35. The molecular weight excluding hydrogens is 254 g/mol. The van der Waals surface area contributed by atoms with E-state index in [1.165, 1.54) is 0 Å². The van der Waals surface area contributed by atoms with Crippen LogP contribution in [0.15, 0.2) is 18.5 Å². The lowest BCUT2D eigenvalue weighted by Crippen LogP contribution is -2.00. The Labute approximate surface area is 109 Å². The zero-order valence-corrected chi connectivity index (χ0v) is 10.6. The molecule has 0 radical (unpaired) electrons. The number of pyridine rings is 1. The first-order valence-electron chi connectivity index (χ1n) is 5.14. The highest BCUT2D eigenvalue weighted by Crippen LogP contribution is 2.26. The van der Waals surface area contributed by atoms with Gasteiger partial charge in [0.1, 0.15) is 16.7 Å². The molecule has 2 rings (SSSR count). The smallest absolute Gasteiger partial charge is 0.155 e. The number of aryl methyl sites for hydroxylation is 1. The standard InChI is InChI=1S/C12H10ClN3O2/c1-7-15-11(10(6-17)12(13)16-7)8-3-9(18-2)5-14-4-8/h3-6H,1-2H3. The molecule has 0 spiro atoms. The molecule has 0 unspecified atom stereocenters. The van der Waals surface area contributed by atoms with E-state index in [2.05, 4.69) is 15.0 Å². The predicted octanol–water partition coefficient (Wildman–Crippen LogP) is 2.32. The first-order valence-corrected chi connectivity index (χ1v) is 5.52. The number of halogens is 1. The van der Waals surface area contributed by atoms with Gasteiger partial charge in [-0.2, -0.15) is 0 Å². The van der Waals surface area contributed by atoms with Crippen LogP contribution in [0.2, 0.25) is 5.15 Å². The summed E-state index contributed by atoms with van der Waals surface area (Å²) >= 11 is 5.92. The monoisotopic (exact) mass is 263 g/mol. The molecule has 2 aromatic rings. The van der Waals surface area contributed by atoms with Gasteiger partial charge in [0.25, 0.3) is 0 Å². The summed E-state index contributed by atoms with van der Waals surface area (Å²) in [6.07, 6.45) is 3.80. The summed E-state index contributed by atoms with van der Waals surface area (Å²) in [5, 5.41) is 0.135. The fourth-order valence-electron chi connectivity index (χ4n) is 1.53. The van der Waals surface area contributed by atoms with Gasteiger partial charge < -0.3 is 4.74 Å². The lowest BCUT2D eigenvalue weighted by Gasteiger charge is -2.07. The number of hydrogen-bond donors (Lipinski definition) is 0. The van der Waals surface area contributed by atoms with Crippen molar-refractivity contribution in [3.8, 4) is 17.0 Å². The molecule has 5 nitrogen and oxygen atoms in total. The molecule has 0 fully saturated rings. The van der Waals surface area contributed by atoms with Crippen molar-refractivity contribution < 1.29 is 9.53 Å². The van der Waals surface area contributed by atoms with Gasteiger partial charge in [-0.25, -0.2) is 9.97 Å². The van der Waals surface area contributed by atoms with Gasteiger partial charge in [0.2, 0.25) is 0 Å². The molecule has 0 bridgehead atoms. The van der Waals surface area contributed by atoms with Crippen molar-refractivity contribution in [3.05, 3.63) is 35.0 Å². The second-order valence-corrected chi connectivity index (χ2v) is 3.91. The van der Waals surface area contributed by atoms with Crippen molar-refractivity contribution in [2.24, 2.45) is 0 Å². The molecule has 0 saturated carbocycles. The zero-order valence-electron chi connectivity index (χ0n) is 9.85. The Morgan fingerprint density at radius 3 is 2.78 bits per heavy atom. The second kappa shape index (κ2) is 5.10. The lowest BCUT2D eigenvalue weighted by molar-refractivity contribution is 0.112. The Balaban J connectivity index is 2.65. The van der Waals surface area contributed by atoms with Crippen molar-refractivity contribution in [2.75, 3.05) is 7.11 Å². The Bertz CT molecular complexity index is 602. The van der Waals surface area contributed by atoms with Crippen LogP contribution in [0.1, 0.15) is 16.2 Å². The Morgan fingerprint density at radius 1 is 1.33 bits per heavy atom. The average Bonchev–Trinajstić information content (AvgIpc) is 2.38. The zero-order chi connectivity index (χ0) is 13.1. The summed E-state index contributed by atoms with van der Waals surface area (Å²) in [4.78, 5) is 23.3. The minimum absolute atomic E-state index is 0.135. The molecule has 92 valence electrons. The van der Waals surface area contributed by atoms with Crippen molar-refractivity contribution >= 4 is 17.9 Å². The summed E-state index contributed by atoms with van der Waals surface area (Å²) in [5.74, 6) is 1.07. The summed E-state index contributed by atoms with van der Waals surface area (Å²) in [7, 11) is 1.54. The summed E-state index contributed by atoms with van der Waals surface area (Å²) in [5.41, 5.74) is 1.36. The van der Waals surface area contributed by atoms with E-state index in [9.17, 15) is 4.79 Å². The Hall–Kier alpha value is -2.01. The van der Waals surface area contributed by atoms with E-state index in [0.717, 1.165) is 0 Å². The van der Waals surface area contributed by atoms with Crippen LogP contribution in [0.25, 0.3) is 11.3 Å². The molecule has 0 aliphatic carbocycles. The molecule has 0 aromatic carbocycles. The highest BCUT2D eigenvalue weighted by molar-refractivity contribution is 6.32. The number of aldehydes is 1. The van der Waals surface area contributed by atoms with Gasteiger partial charge in [0.15, 0.2) is 6.29 Å². The fourth-order valence-corrected chi connectivity index (χ4v) is 1.79. The number of aromatic nitrogens is 3. The molecule has 6 heteroatoms. The number of ether oxygens (including phenoxy) is 1. The van der Waals surface area contributed by atoms with Gasteiger partial charge in [0.05, 0.1) is 24.6 Å². The maximum atomic E-state index is 11.1. The van der Waals surface area contributed by atoms with Gasteiger partial charge >= 0.3 is 0 Å². The van der Waals surface area contributed by atoms with E-state index in [4.69, 9.17) is 16.3 Å². The van der Waals surface area contributed by atoms with E-state index < -0.39 is 0 Å². The largest absolute Gasteiger partial charge is 0.495 e. The molecule has 0 saturated heterocycles. The van der Waals surface area contributed by atoms with Crippen LogP contribution in [0.3, 0.4) is 0 Å². The number of nitrogens with zero attached hydrogens (tertiary/aromatic N) is 3. The summed E-state index contributed by atoms with van der Waals surface area (Å²) in [6, 6.07) is 1.73. The number of methoxy groups -OCH3 is 1. The molecular formula is C12H10ClN3O2. The number of carbonyl (C=O) groups is 1. The van der Waals surface area contributed by atoms with Gasteiger partial charge in [-0.05, 0) is 13.0 Å². The third-order valence-corrected chi connectivity index (χ3v) is 2.64. The van der Waals surface area contributed by atoms with Crippen molar-refractivity contribution in [2.45, 2.75) is 6.92 Å². The quantitative estimate of drug-likeness (QED) is 0.628. The van der Waals surface area contributed by atoms with E-state index in [1.54, 1.807) is 32.5 Å². The van der Waals surface area contributed by atoms with Crippen LogP contribution in [0.4, 0.5) is 0 Å². The molecule has 0 N–H and O–H groups in total. The van der Waals surface area contributed by atoms with Crippen LogP contribution in [0, 0.1) is 6.92 Å². The fraction of sp³-hybridized carbons (Fsp3) is 0.167. The normalized spacial score (nSPS) is 10.2. The second-order valence-electron chi connectivity index (χ2n) is 3.56. The Kier molecular flexibility index (Phi) is 3.53. The van der Waals surface area contributed by atoms with Gasteiger partial charge in [-0.1, -0.05) is 11.6 Å². The van der Waals surface area contributed by atoms with E-state index in [1.807, 2.05) is 0 Å². The first-order chi connectivity index (χ1) is 8.65. The average molecular weight is 264 g/mol. The number of hydrogen-bond acceptors (Lipinski definition) is 5. The van der Waals surface area contributed by atoms with E-state index >= 15 is 0 Å². The van der Waals surface area contributed by atoms with Crippen LogP contribution in [0.5, 0.6) is 5.75 Å². The molecule has 0 amide bonds. The maximum Gasteiger partial charge on any atom is 0.155 e. The predicted molar refractivity (Wildman–Crippen MR) is 66.9 cm³/mol. The molecule has 2 aromatic heterocycles. The summed E-state index contributed by atoms with van der Waals surface area (Å²) in [6.45, 7) is 1.71. The van der Waals surface area contributed by atoms with Gasteiger partial charge in [-0.15, -0.1) is 0 Å². The topological polar surface area (TPSA) is 65.0 Å². The number of carbonyl (C=O) groups excluding carboxylic acids is 1. The van der Waals surface area contributed by atoms with E-state index in [0.29, 0.717) is 29.1 Å². The van der Waals surface area contributed by atoms with Crippen molar-refractivity contribution in [1.29, 1.82) is 0 Å². The molecule has 0 aliphatic heterocycles. The minimum Gasteiger partial charge on any atom is -0.495 e. The molecule has 2 heterocycles. The molecule has 0 aliphatic rings. The van der Waals surface area contributed by atoms with Crippen LogP contribution in [-0.2, 0) is 0 Å². The lowest BCUT2D eigenvalue weighted by atomic mass is 10.1. The molecule has 0 atom stereocenters. The van der Waals surface area contributed by atoms with Gasteiger partial charge in [-0.3, -0.25) is 9.78 Å². The maximum absolute atomic E-state index is 11.1.